The summed E-state index contributed by atoms with van der Waals surface area (Å²) in [5.41, 5.74) is 4.00. The minimum Gasteiger partial charge on any atom is -0.480 e. The third kappa shape index (κ3) is 2.30. The third-order valence-electron chi connectivity index (χ3n) is 1.61. The molecule has 0 radical (unpaired) electrons. The number of nitrogens with two attached hydrogens (primary N) is 1. The molecule has 76 valence electrons. The molecule has 0 aliphatic carbocycles. The van der Waals surface area contributed by atoms with E-state index in [1.54, 1.807) is 0 Å². The van der Waals surface area contributed by atoms with Crippen LogP contribution in [0.1, 0.15) is 0 Å². The van der Waals surface area contributed by atoms with Crippen molar-refractivity contribution >= 4 is 5.97 Å². The molecule has 1 heterocycles. The van der Waals surface area contributed by atoms with Crippen molar-refractivity contribution in [3.8, 4) is 0 Å². The van der Waals surface area contributed by atoms with Gasteiger partial charge in [-0.25, -0.2) is 4.79 Å². The van der Waals surface area contributed by atoms with Crippen molar-refractivity contribution in [2.75, 3.05) is 0 Å². The van der Waals surface area contributed by atoms with Crippen LogP contribution >= 0.6 is 0 Å². The van der Waals surface area contributed by atoms with Crippen molar-refractivity contribution in [3.63, 3.8) is 0 Å². The fraction of sp³-hybridized carbons (Fsp3) is 0.286. The third-order valence-corrected chi connectivity index (χ3v) is 1.61. The second-order valence-electron chi connectivity index (χ2n) is 2.71. The van der Waals surface area contributed by atoms with Gasteiger partial charge < -0.3 is 10.8 Å². The summed E-state index contributed by atoms with van der Waals surface area (Å²) >= 11 is 0. The SMILES string of the molecule is N[C@H](Cn1ccc(=O)[nH]c1=O)C(=O)O. The standard InChI is InChI=1S/C7H9N3O4/c8-4(6(12)13)3-10-2-1-5(11)9-7(10)14/h1-2,4H,3,8H2,(H,12,13)(H,9,11,14)/t4-/m1/s1. The molecule has 0 saturated carbocycles. The summed E-state index contributed by atoms with van der Waals surface area (Å²) in [4.78, 5) is 34.1. The van der Waals surface area contributed by atoms with Crippen molar-refractivity contribution in [2.45, 2.75) is 12.6 Å². The fourth-order valence-corrected chi connectivity index (χ4v) is 0.878. The molecule has 0 spiro atoms. The zero-order chi connectivity index (χ0) is 10.7. The Bertz CT molecular complexity index is 447. The van der Waals surface area contributed by atoms with Crippen molar-refractivity contribution in [2.24, 2.45) is 5.73 Å². The zero-order valence-corrected chi connectivity index (χ0v) is 7.14. The Morgan fingerprint density at radius 1 is 1.64 bits per heavy atom. The van der Waals surface area contributed by atoms with Gasteiger partial charge in [0.05, 0.1) is 6.54 Å². The van der Waals surface area contributed by atoms with Gasteiger partial charge >= 0.3 is 11.7 Å². The highest BCUT2D eigenvalue weighted by molar-refractivity contribution is 5.72. The van der Waals surface area contributed by atoms with Crippen LogP contribution in [-0.2, 0) is 11.3 Å². The second-order valence-corrected chi connectivity index (χ2v) is 2.71. The maximum atomic E-state index is 11.1. The normalized spacial score (nSPS) is 12.4. The highest BCUT2D eigenvalue weighted by atomic mass is 16.4. The molecule has 7 heteroatoms. The summed E-state index contributed by atoms with van der Waals surface area (Å²) in [7, 11) is 0. The number of aliphatic carboxylic acids is 1. The first-order valence-electron chi connectivity index (χ1n) is 3.79. The highest BCUT2D eigenvalue weighted by Crippen LogP contribution is 1.83. The minimum atomic E-state index is -1.21. The summed E-state index contributed by atoms with van der Waals surface area (Å²) in [5, 5.41) is 8.48. The van der Waals surface area contributed by atoms with Gasteiger partial charge in [0.2, 0.25) is 0 Å². The predicted octanol–water partition coefficient (Wildman–Crippen LogP) is -2.05. The van der Waals surface area contributed by atoms with E-state index >= 15 is 0 Å². The van der Waals surface area contributed by atoms with Crippen LogP contribution < -0.4 is 17.0 Å². The molecule has 1 aromatic rings. The van der Waals surface area contributed by atoms with Crippen LogP contribution in [-0.4, -0.2) is 26.7 Å². The Morgan fingerprint density at radius 3 is 2.79 bits per heavy atom. The molecule has 0 amide bonds. The van der Waals surface area contributed by atoms with Gasteiger partial charge in [0.1, 0.15) is 6.04 Å². The summed E-state index contributed by atoms with van der Waals surface area (Å²) in [5.74, 6) is -1.21. The van der Waals surface area contributed by atoms with Gasteiger partial charge in [-0.05, 0) is 0 Å². The molecule has 1 rings (SSSR count). The van der Waals surface area contributed by atoms with Crippen LogP contribution in [0.3, 0.4) is 0 Å². The van der Waals surface area contributed by atoms with Gasteiger partial charge in [-0.3, -0.25) is 19.1 Å². The van der Waals surface area contributed by atoms with Crippen LogP contribution in [0.4, 0.5) is 0 Å². The average Bonchev–Trinajstić information content (AvgIpc) is 2.09. The maximum absolute atomic E-state index is 11.1. The number of hydrogen-bond donors (Lipinski definition) is 3. The van der Waals surface area contributed by atoms with Crippen LogP contribution in [0, 0.1) is 0 Å². The maximum Gasteiger partial charge on any atom is 0.328 e. The Kier molecular flexibility index (Phi) is 2.82. The number of nitrogens with zero attached hydrogens (tertiary/aromatic N) is 1. The lowest BCUT2D eigenvalue weighted by molar-refractivity contribution is -0.138. The smallest absolute Gasteiger partial charge is 0.328 e. The number of rotatable bonds is 3. The summed E-state index contributed by atoms with van der Waals surface area (Å²) in [6.45, 7) is -0.176. The van der Waals surface area contributed by atoms with E-state index < -0.39 is 23.3 Å². The average molecular weight is 199 g/mol. The molecule has 0 aromatic carbocycles. The zero-order valence-electron chi connectivity index (χ0n) is 7.14. The Morgan fingerprint density at radius 2 is 2.29 bits per heavy atom. The molecule has 0 bridgehead atoms. The number of aromatic nitrogens is 2. The lowest BCUT2D eigenvalue weighted by Crippen LogP contribution is -2.39. The van der Waals surface area contributed by atoms with Crippen molar-refractivity contribution in [1.29, 1.82) is 0 Å². The first-order valence-corrected chi connectivity index (χ1v) is 3.79. The highest BCUT2D eigenvalue weighted by Gasteiger charge is 2.12. The number of carbonyl (C=O) groups is 1. The molecule has 0 unspecified atom stereocenters. The number of carboxylic acid groups (broad SMARTS) is 1. The molecule has 0 fully saturated rings. The van der Waals surface area contributed by atoms with Crippen molar-refractivity contribution in [3.05, 3.63) is 33.1 Å². The van der Waals surface area contributed by atoms with Gasteiger partial charge in [0.15, 0.2) is 0 Å². The topological polar surface area (TPSA) is 118 Å². The van der Waals surface area contributed by atoms with Crippen molar-refractivity contribution in [1.82, 2.24) is 9.55 Å². The molecular weight excluding hydrogens is 190 g/mol. The Hall–Kier alpha value is -1.89. The first kappa shape index (κ1) is 10.2. The Labute approximate surface area is 77.8 Å². The van der Waals surface area contributed by atoms with E-state index in [4.69, 9.17) is 10.8 Å². The fourth-order valence-electron chi connectivity index (χ4n) is 0.878. The molecule has 0 saturated heterocycles. The van der Waals surface area contributed by atoms with E-state index in [0.717, 1.165) is 10.6 Å². The quantitative estimate of drug-likeness (QED) is 0.517. The second kappa shape index (κ2) is 3.88. The van der Waals surface area contributed by atoms with Crippen LogP contribution in [0.2, 0.25) is 0 Å². The lowest BCUT2D eigenvalue weighted by atomic mass is 10.3. The van der Waals surface area contributed by atoms with E-state index in [2.05, 4.69) is 0 Å². The number of carboxylic acids is 1. The number of aromatic amines is 1. The largest absolute Gasteiger partial charge is 0.480 e. The molecule has 4 N–H and O–H groups in total. The van der Waals surface area contributed by atoms with Gasteiger partial charge in [-0.15, -0.1) is 0 Å². The molecular formula is C7H9N3O4. The molecule has 0 aliphatic heterocycles. The summed E-state index contributed by atoms with van der Waals surface area (Å²) in [6.07, 6.45) is 1.20. The number of H-pyrrole nitrogens is 1. The molecule has 7 nitrogen and oxygen atoms in total. The summed E-state index contributed by atoms with van der Waals surface area (Å²) < 4.78 is 1.03. The molecule has 0 aliphatic rings. The van der Waals surface area contributed by atoms with Gasteiger partial charge in [-0.1, -0.05) is 0 Å². The van der Waals surface area contributed by atoms with Gasteiger partial charge in [0, 0.05) is 12.3 Å². The number of nitrogens with one attached hydrogen (secondary N) is 1. The molecule has 1 aromatic heterocycles. The Balaban J connectivity index is 2.93. The van der Waals surface area contributed by atoms with Gasteiger partial charge in [-0.2, -0.15) is 0 Å². The predicted molar refractivity (Wildman–Crippen MR) is 46.9 cm³/mol. The molecule has 14 heavy (non-hydrogen) atoms. The summed E-state index contributed by atoms with van der Waals surface area (Å²) in [6, 6.07) is -0.0470. The minimum absolute atomic E-state index is 0.176. The first-order chi connectivity index (χ1) is 6.50. The van der Waals surface area contributed by atoms with Crippen LogP contribution in [0.25, 0.3) is 0 Å². The van der Waals surface area contributed by atoms with E-state index in [-0.39, 0.29) is 6.54 Å². The van der Waals surface area contributed by atoms with Crippen LogP contribution in [0.15, 0.2) is 21.9 Å². The van der Waals surface area contributed by atoms with Crippen molar-refractivity contribution < 1.29 is 9.90 Å². The monoisotopic (exact) mass is 199 g/mol. The number of hydrogen-bond acceptors (Lipinski definition) is 4. The van der Waals surface area contributed by atoms with Crippen LogP contribution in [0.5, 0.6) is 0 Å². The lowest BCUT2D eigenvalue weighted by Gasteiger charge is -2.07. The van der Waals surface area contributed by atoms with Gasteiger partial charge in [0.25, 0.3) is 5.56 Å². The molecule has 1 atom stereocenters. The van der Waals surface area contributed by atoms with E-state index in [1.807, 2.05) is 4.98 Å². The van der Waals surface area contributed by atoms with E-state index in [1.165, 1.54) is 6.20 Å². The van der Waals surface area contributed by atoms with E-state index in [9.17, 15) is 14.4 Å². The van der Waals surface area contributed by atoms with E-state index in [0.29, 0.717) is 0 Å².